The van der Waals surface area contributed by atoms with Gasteiger partial charge in [0.15, 0.2) is 5.76 Å². The Morgan fingerprint density at radius 3 is 2.87 bits per heavy atom. The first-order valence-electron chi connectivity index (χ1n) is 7.47. The van der Waals surface area contributed by atoms with E-state index in [9.17, 15) is 9.59 Å². The van der Waals surface area contributed by atoms with Crippen LogP contribution in [0.3, 0.4) is 0 Å². The monoisotopic (exact) mass is 313 g/mol. The predicted octanol–water partition coefficient (Wildman–Crippen LogP) is 1.62. The number of ether oxygens (including phenoxy) is 1. The third kappa shape index (κ3) is 2.34. The number of piperazine rings is 1. The van der Waals surface area contributed by atoms with Crippen molar-refractivity contribution in [2.24, 2.45) is 0 Å². The molecule has 0 spiro atoms. The van der Waals surface area contributed by atoms with Crippen LogP contribution in [-0.4, -0.2) is 59.2 Å². The zero-order valence-corrected chi connectivity index (χ0v) is 12.3. The fraction of sp³-hybridized carbons (Fsp3) is 0.312. The lowest BCUT2D eigenvalue weighted by molar-refractivity contribution is 0.0617. The molecule has 2 aromatic rings. The summed E-state index contributed by atoms with van der Waals surface area (Å²) in [5.74, 6) is 0.334. The molecule has 2 fully saturated rings. The zero-order chi connectivity index (χ0) is 15.8. The Morgan fingerprint density at radius 2 is 2.04 bits per heavy atom. The number of benzene rings is 1. The summed E-state index contributed by atoms with van der Waals surface area (Å²) in [5.41, 5.74) is 1.25. The fourth-order valence-corrected chi connectivity index (χ4v) is 3.03. The number of cyclic esters (lactones) is 1. The molecular formula is C16H15N3O4. The smallest absolute Gasteiger partial charge is 0.410 e. The predicted molar refractivity (Wildman–Crippen MR) is 79.7 cm³/mol. The molecule has 7 heteroatoms. The summed E-state index contributed by atoms with van der Waals surface area (Å²) in [6, 6.07) is 9.34. The molecule has 118 valence electrons. The van der Waals surface area contributed by atoms with E-state index in [1.165, 1.54) is 6.20 Å². The van der Waals surface area contributed by atoms with Gasteiger partial charge < -0.3 is 14.2 Å². The molecule has 0 saturated carbocycles. The summed E-state index contributed by atoms with van der Waals surface area (Å²) in [6.45, 7) is 1.76. The van der Waals surface area contributed by atoms with Crippen molar-refractivity contribution in [3.8, 4) is 11.3 Å². The highest BCUT2D eigenvalue weighted by Gasteiger charge is 2.39. The fourth-order valence-electron chi connectivity index (χ4n) is 3.03. The van der Waals surface area contributed by atoms with Crippen LogP contribution in [0.4, 0.5) is 4.79 Å². The van der Waals surface area contributed by atoms with E-state index in [1.807, 2.05) is 30.3 Å². The maximum Gasteiger partial charge on any atom is 0.410 e. The van der Waals surface area contributed by atoms with Crippen molar-refractivity contribution in [1.29, 1.82) is 0 Å². The van der Waals surface area contributed by atoms with E-state index >= 15 is 0 Å². The van der Waals surface area contributed by atoms with Crippen LogP contribution in [0.15, 0.2) is 41.1 Å². The lowest BCUT2D eigenvalue weighted by Crippen LogP contribution is -2.53. The van der Waals surface area contributed by atoms with Gasteiger partial charge >= 0.3 is 6.09 Å². The summed E-state index contributed by atoms with van der Waals surface area (Å²) in [7, 11) is 0. The Balaban J connectivity index is 1.57. The number of amides is 2. The van der Waals surface area contributed by atoms with Crippen molar-refractivity contribution in [3.63, 3.8) is 0 Å². The third-order valence-electron chi connectivity index (χ3n) is 4.24. The molecule has 3 heterocycles. The van der Waals surface area contributed by atoms with Gasteiger partial charge in [-0.25, -0.2) is 4.79 Å². The van der Waals surface area contributed by atoms with Crippen LogP contribution in [0.25, 0.3) is 11.3 Å². The highest BCUT2D eigenvalue weighted by Crippen LogP contribution is 2.26. The first-order chi connectivity index (χ1) is 11.2. The second-order valence-electron chi connectivity index (χ2n) is 5.61. The van der Waals surface area contributed by atoms with Crippen LogP contribution < -0.4 is 0 Å². The molecule has 2 aliphatic rings. The minimum atomic E-state index is -0.294. The normalized spacial score (nSPS) is 20.3. The van der Waals surface area contributed by atoms with E-state index in [-0.39, 0.29) is 18.0 Å². The van der Waals surface area contributed by atoms with Crippen molar-refractivity contribution in [2.75, 3.05) is 26.2 Å². The number of rotatable bonds is 2. The highest BCUT2D eigenvalue weighted by molar-refractivity contribution is 5.99. The van der Waals surface area contributed by atoms with Crippen LogP contribution in [0.5, 0.6) is 0 Å². The van der Waals surface area contributed by atoms with E-state index in [1.54, 1.807) is 9.80 Å². The van der Waals surface area contributed by atoms with Crippen LogP contribution in [0, 0.1) is 0 Å². The van der Waals surface area contributed by atoms with Crippen molar-refractivity contribution >= 4 is 12.0 Å². The SMILES string of the molecule is O=C(c1cnoc1-c1ccccc1)N1CCN2C(=O)OC[C@H]2C1. The summed E-state index contributed by atoms with van der Waals surface area (Å²) in [5, 5.41) is 3.78. The Hall–Kier alpha value is -2.83. The largest absolute Gasteiger partial charge is 0.447 e. The van der Waals surface area contributed by atoms with Gasteiger partial charge in [-0.15, -0.1) is 0 Å². The van der Waals surface area contributed by atoms with E-state index < -0.39 is 0 Å². The summed E-state index contributed by atoms with van der Waals surface area (Å²) >= 11 is 0. The summed E-state index contributed by atoms with van der Waals surface area (Å²) in [4.78, 5) is 27.7. The molecule has 0 N–H and O–H groups in total. The first kappa shape index (κ1) is 13.8. The van der Waals surface area contributed by atoms with Crippen molar-refractivity contribution in [3.05, 3.63) is 42.1 Å². The van der Waals surface area contributed by atoms with Crippen molar-refractivity contribution < 1.29 is 18.8 Å². The van der Waals surface area contributed by atoms with Gasteiger partial charge in [0.25, 0.3) is 5.91 Å². The van der Waals surface area contributed by atoms with Gasteiger partial charge in [-0.05, 0) is 0 Å². The molecule has 0 bridgehead atoms. The molecule has 2 aliphatic heterocycles. The number of hydrogen-bond acceptors (Lipinski definition) is 5. The Morgan fingerprint density at radius 1 is 1.22 bits per heavy atom. The molecule has 7 nitrogen and oxygen atoms in total. The molecule has 0 aliphatic carbocycles. The molecule has 1 aromatic heterocycles. The van der Waals surface area contributed by atoms with E-state index in [2.05, 4.69) is 5.16 Å². The van der Waals surface area contributed by atoms with Crippen molar-refractivity contribution in [2.45, 2.75) is 6.04 Å². The van der Waals surface area contributed by atoms with Gasteiger partial charge in [0.05, 0.1) is 12.2 Å². The second kappa shape index (κ2) is 5.42. The number of nitrogens with zero attached hydrogens (tertiary/aromatic N) is 3. The van der Waals surface area contributed by atoms with Gasteiger partial charge in [0, 0.05) is 25.2 Å². The molecule has 2 amide bonds. The van der Waals surface area contributed by atoms with Gasteiger partial charge in [-0.1, -0.05) is 35.5 Å². The molecule has 4 rings (SSSR count). The third-order valence-corrected chi connectivity index (χ3v) is 4.24. The van der Waals surface area contributed by atoms with Gasteiger partial charge in [0.2, 0.25) is 0 Å². The number of carbonyl (C=O) groups excluding carboxylic acids is 2. The molecule has 1 aromatic carbocycles. The molecule has 23 heavy (non-hydrogen) atoms. The Bertz CT molecular complexity index is 743. The number of aromatic nitrogens is 1. The summed E-state index contributed by atoms with van der Waals surface area (Å²) < 4.78 is 10.3. The van der Waals surface area contributed by atoms with Crippen LogP contribution >= 0.6 is 0 Å². The molecule has 1 atom stereocenters. The Labute approximate surface area is 132 Å². The number of hydrogen-bond donors (Lipinski definition) is 0. The first-order valence-corrected chi connectivity index (χ1v) is 7.47. The van der Waals surface area contributed by atoms with E-state index in [0.717, 1.165) is 5.56 Å². The van der Waals surface area contributed by atoms with E-state index in [0.29, 0.717) is 37.6 Å². The number of carbonyl (C=O) groups is 2. The second-order valence-corrected chi connectivity index (χ2v) is 5.61. The van der Waals surface area contributed by atoms with Gasteiger partial charge in [-0.2, -0.15) is 0 Å². The number of fused-ring (bicyclic) bond motifs is 1. The van der Waals surface area contributed by atoms with Gasteiger partial charge in [-0.3, -0.25) is 9.69 Å². The molecular weight excluding hydrogens is 298 g/mol. The molecule has 0 radical (unpaired) electrons. The quantitative estimate of drug-likeness (QED) is 0.842. The lowest BCUT2D eigenvalue weighted by Gasteiger charge is -2.35. The maximum absolute atomic E-state index is 12.8. The average molecular weight is 313 g/mol. The Kier molecular flexibility index (Phi) is 3.25. The van der Waals surface area contributed by atoms with Crippen LogP contribution in [0.2, 0.25) is 0 Å². The minimum Gasteiger partial charge on any atom is -0.447 e. The maximum atomic E-state index is 12.8. The molecule has 2 saturated heterocycles. The van der Waals surface area contributed by atoms with Gasteiger partial charge in [0.1, 0.15) is 12.2 Å². The average Bonchev–Trinajstić information content (AvgIpc) is 3.22. The van der Waals surface area contributed by atoms with Crippen molar-refractivity contribution in [1.82, 2.24) is 15.0 Å². The standard InChI is InChI=1S/C16H15N3O4/c20-15(18-6-7-19-12(9-18)10-22-16(19)21)13-8-17-23-14(13)11-4-2-1-3-5-11/h1-5,8,12H,6-7,9-10H2/t12-/m1/s1. The molecule has 0 unspecified atom stereocenters. The lowest BCUT2D eigenvalue weighted by atomic mass is 10.1. The van der Waals surface area contributed by atoms with E-state index in [4.69, 9.17) is 9.26 Å². The topological polar surface area (TPSA) is 75.9 Å². The highest BCUT2D eigenvalue weighted by atomic mass is 16.6. The minimum absolute atomic E-state index is 0.0692. The van der Waals surface area contributed by atoms with Crippen LogP contribution in [-0.2, 0) is 4.74 Å². The van der Waals surface area contributed by atoms with Crippen LogP contribution in [0.1, 0.15) is 10.4 Å². The summed E-state index contributed by atoms with van der Waals surface area (Å²) in [6.07, 6.45) is 1.16. The zero-order valence-electron chi connectivity index (χ0n) is 12.3.